The summed E-state index contributed by atoms with van der Waals surface area (Å²) in [6, 6.07) is 16.8. The third-order valence-electron chi connectivity index (χ3n) is 7.54. The lowest BCUT2D eigenvalue weighted by molar-refractivity contribution is -0.146. The lowest BCUT2D eigenvalue weighted by atomic mass is 9.49. The third-order valence-corrected chi connectivity index (χ3v) is 7.54. The van der Waals surface area contributed by atoms with Crippen LogP contribution in [0.2, 0.25) is 0 Å². The largest absolute Gasteiger partial charge is 0.345 e. The van der Waals surface area contributed by atoms with Crippen LogP contribution in [0, 0.1) is 23.2 Å². The van der Waals surface area contributed by atoms with Crippen LogP contribution < -0.4 is 10.8 Å². The van der Waals surface area contributed by atoms with E-state index in [1.165, 1.54) is 19.3 Å². The number of nitrogens with one attached hydrogen (secondary N) is 2. The van der Waals surface area contributed by atoms with Crippen molar-refractivity contribution in [3.63, 3.8) is 0 Å². The number of hydroxylamine groups is 1. The SMILES string of the molecule is O=C(NO)c1ccc([C@H](NC(=O)C23CC4CC(CC(C4)C2)C3)c2ccccc2)cc1. The van der Waals surface area contributed by atoms with E-state index >= 15 is 0 Å². The minimum absolute atomic E-state index is 0.188. The van der Waals surface area contributed by atoms with E-state index in [0.29, 0.717) is 23.3 Å². The third kappa shape index (κ3) is 3.41. The second-order valence-electron chi connectivity index (χ2n) is 9.58. The summed E-state index contributed by atoms with van der Waals surface area (Å²) in [6.07, 6.45) is 7.01. The molecule has 4 fully saturated rings. The van der Waals surface area contributed by atoms with Crippen LogP contribution in [0.5, 0.6) is 0 Å². The Morgan fingerprint density at radius 2 is 1.37 bits per heavy atom. The fourth-order valence-corrected chi connectivity index (χ4v) is 6.57. The Bertz CT molecular complexity index is 903. The van der Waals surface area contributed by atoms with Crippen molar-refractivity contribution in [1.82, 2.24) is 10.8 Å². The molecule has 4 bridgehead atoms. The molecule has 0 aromatic heterocycles. The minimum Gasteiger partial charge on any atom is -0.345 e. The van der Waals surface area contributed by atoms with Crippen molar-refractivity contribution in [2.75, 3.05) is 0 Å². The van der Waals surface area contributed by atoms with Crippen molar-refractivity contribution in [2.45, 2.75) is 44.6 Å². The molecule has 3 N–H and O–H groups in total. The maximum absolute atomic E-state index is 13.7. The molecule has 0 aliphatic heterocycles. The number of carbonyl (C=O) groups is 2. The zero-order valence-corrected chi connectivity index (χ0v) is 17.0. The van der Waals surface area contributed by atoms with Crippen LogP contribution >= 0.6 is 0 Å². The molecule has 2 aromatic rings. The number of amides is 2. The lowest BCUT2D eigenvalue weighted by Crippen LogP contribution is -2.54. The number of hydrogen-bond donors (Lipinski definition) is 3. The van der Waals surface area contributed by atoms with E-state index < -0.39 is 5.91 Å². The van der Waals surface area contributed by atoms with Crippen molar-refractivity contribution >= 4 is 11.8 Å². The van der Waals surface area contributed by atoms with Gasteiger partial charge in [0, 0.05) is 11.0 Å². The highest BCUT2D eigenvalue weighted by Crippen LogP contribution is 2.60. The van der Waals surface area contributed by atoms with Crippen LogP contribution in [0.15, 0.2) is 54.6 Å². The molecule has 0 radical (unpaired) electrons. The first-order chi connectivity index (χ1) is 14.6. The van der Waals surface area contributed by atoms with E-state index in [9.17, 15) is 9.59 Å². The maximum Gasteiger partial charge on any atom is 0.274 e. The molecule has 4 saturated carbocycles. The highest BCUT2D eigenvalue weighted by molar-refractivity contribution is 5.93. The van der Waals surface area contributed by atoms with Gasteiger partial charge in [0.25, 0.3) is 5.91 Å². The quantitative estimate of drug-likeness (QED) is 0.516. The van der Waals surface area contributed by atoms with Crippen LogP contribution in [-0.4, -0.2) is 17.0 Å². The summed E-state index contributed by atoms with van der Waals surface area (Å²) in [7, 11) is 0. The molecule has 5 heteroatoms. The Morgan fingerprint density at radius 1 is 0.833 bits per heavy atom. The first-order valence-corrected chi connectivity index (χ1v) is 11.0. The molecule has 2 amide bonds. The van der Waals surface area contributed by atoms with E-state index in [-0.39, 0.29) is 17.4 Å². The van der Waals surface area contributed by atoms with Gasteiger partial charge in [-0.05, 0) is 79.5 Å². The molecule has 4 aliphatic carbocycles. The zero-order chi connectivity index (χ0) is 20.7. The fourth-order valence-electron chi connectivity index (χ4n) is 6.57. The van der Waals surface area contributed by atoms with Crippen molar-refractivity contribution in [1.29, 1.82) is 0 Å². The number of rotatable bonds is 5. The summed E-state index contributed by atoms with van der Waals surface area (Å²) in [5.74, 6) is 1.79. The summed E-state index contributed by atoms with van der Waals surface area (Å²) in [4.78, 5) is 25.3. The normalized spacial score (nSPS) is 30.0. The highest BCUT2D eigenvalue weighted by atomic mass is 16.5. The van der Waals surface area contributed by atoms with Crippen LogP contribution in [0.3, 0.4) is 0 Å². The highest BCUT2D eigenvalue weighted by Gasteiger charge is 2.54. The van der Waals surface area contributed by atoms with Crippen molar-refractivity contribution in [3.8, 4) is 0 Å². The van der Waals surface area contributed by atoms with E-state index in [4.69, 9.17) is 5.21 Å². The maximum atomic E-state index is 13.7. The molecular formula is C25H28N2O3. The van der Waals surface area contributed by atoms with E-state index in [1.807, 2.05) is 42.5 Å². The first-order valence-electron chi connectivity index (χ1n) is 11.0. The van der Waals surface area contributed by atoms with Gasteiger partial charge in [0.15, 0.2) is 0 Å². The van der Waals surface area contributed by atoms with Crippen molar-refractivity contribution < 1.29 is 14.8 Å². The molecule has 5 nitrogen and oxygen atoms in total. The molecule has 0 heterocycles. The van der Waals surface area contributed by atoms with E-state index in [1.54, 1.807) is 17.6 Å². The van der Waals surface area contributed by atoms with Gasteiger partial charge in [0.2, 0.25) is 5.91 Å². The second-order valence-corrected chi connectivity index (χ2v) is 9.58. The van der Waals surface area contributed by atoms with Gasteiger partial charge in [0.05, 0.1) is 6.04 Å². The minimum atomic E-state index is -0.546. The molecule has 0 spiro atoms. The lowest BCUT2D eigenvalue weighted by Gasteiger charge is -2.55. The van der Waals surface area contributed by atoms with Gasteiger partial charge in [0.1, 0.15) is 0 Å². The smallest absolute Gasteiger partial charge is 0.274 e. The Labute approximate surface area is 176 Å². The predicted octanol–water partition coefficient (Wildman–Crippen LogP) is 4.23. The molecule has 2 aromatic carbocycles. The van der Waals surface area contributed by atoms with Gasteiger partial charge in [-0.1, -0.05) is 42.5 Å². The standard InChI is InChI=1S/C25H28N2O3/c28-23(27-30)21-8-6-20(7-9-21)22(19-4-2-1-3-5-19)26-24(29)25-13-16-10-17(14-25)12-18(11-16)15-25/h1-9,16-18,22,30H,10-15H2,(H,26,29)(H,27,28)/t16?,17?,18?,22-,25?/m1/s1. The Morgan fingerprint density at radius 3 is 1.90 bits per heavy atom. The van der Waals surface area contributed by atoms with Gasteiger partial charge in [-0.25, -0.2) is 5.48 Å². The predicted molar refractivity (Wildman–Crippen MR) is 113 cm³/mol. The van der Waals surface area contributed by atoms with Crippen LogP contribution in [0.4, 0.5) is 0 Å². The summed E-state index contributed by atoms with van der Waals surface area (Å²) in [5, 5.41) is 12.2. The van der Waals surface area contributed by atoms with Gasteiger partial charge in [-0.3, -0.25) is 14.8 Å². The molecule has 6 rings (SSSR count). The molecule has 0 saturated heterocycles. The monoisotopic (exact) mass is 404 g/mol. The summed E-state index contributed by atoms with van der Waals surface area (Å²) < 4.78 is 0. The first kappa shape index (κ1) is 19.3. The summed E-state index contributed by atoms with van der Waals surface area (Å²) in [5.41, 5.74) is 3.77. The molecule has 30 heavy (non-hydrogen) atoms. The van der Waals surface area contributed by atoms with Crippen molar-refractivity contribution in [2.24, 2.45) is 23.2 Å². The van der Waals surface area contributed by atoms with Gasteiger partial charge < -0.3 is 5.32 Å². The molecule has 4 aliphatic rings. The molecular weight excluding hydrogens is 376 g/mol. The summed E-state index contributed by atoms with van der Waals surface area (Å²) >= 11 is 0. The van der Waals surface area contributed by atoms with Crippen LogP contribution in [0.25, 0.3) is 0 Å². The number of hydrogen-bond acceptors (Lipinski definition) is 3. The Kier molecular flexibility index (Phi) is 4.86. The summed E-state index contributed by atoms with van der Waals surface area (Å²) in [6.45, 7) is 0. The van der Waals surface area contributed by atoms with E-state index in [0.717, 1.165) is 30.4 Å². The topological polar surface area (TPSA) is 78.4 Å². The van der Waals surface area contributed by atoms with Gasteiger partial charge in [-0.2, -0.15) is 0 Å². The van der Waals surface area contributed by atoms with Crippen LogP contribution in [-0.2, 0) is 4.79 Å². The van der Waals surface area contributed by atoms with Gasteiger partial charge >= 0.3 is 0 Å². The Hall–Kier alpha value is -2.66. The number of benzene rings is 2. The average Bonchev–Trinajstić information content (AvgIpc) is 2.76. The average molecular weight is 405 g/mol. The molecule has 1 atom stereocenters. The molecule has 156 valence electrons. The van der Waals surface area contributed by atoms with E-state index in [2.05, 4.69) is 5.32 Å². The van der Waals surface area contributed by atoms with Crippen LogP contribution in [0.1, 0.15) is 66.1 Å². The van der Waals surface area contributed by atoms with Crippen molar-refractivity contribution in [3.05, 3.63) is 71.3 Å². The number of carbonyl (C=O) groups excluding carboxylic acids is 2. The fraction of sp³-hybridized carbons (Fsp3) is 0.440. The van der Waals surface area contributed by atoms with Gasteiger partial charge in [-0.15, -0.1) is 0 Å². The zero-order valence-electron chi connectivity index (χ0n) is 17.0. The Balaban J connectivity index is 1.43. The second kappa shape index (κ2) is 7.55. The molecule has 0 unspecified atom stereocenters.